The smallest absolute Gasteiger partial charge is 0.157 e. The van der Waals surface area contributed by atoms with E-state index in [0.717, 1.165) is 48.6 Å². The Morgan fingerprint density at radius 1 is 1.00 bits per heavy atom. The van der Waals surface area contributed by atoms with Gasteiger partial charge in [0.2, 0.25) is 0 Å². The van der Waals surface area contributed by atoms with Gasteiger partial charge in [0, 0.05) is 48.7 Å². The van der Waals surface area contributed by atoms with Crippen LogP contribution >= 0.6 is 11.6 Å². The SMILES string of the molecule is CN1CCC(N(C)c2cc(N(C)c3ccnc4ccnn34)c(F)cc2-c2cccc(Cl)c2)CC1. The van der Waals surface area contributed by atoms with Crippen LogP contribution in [0.15, 0.2) is 60.9 Å². The van der Waals surface area contributed by atoms with E-state index in [4.69, 9.17) is 11.6 Å². The number of halogens is 2. The van der Waals surface area contributed by atoms with Crippen LogP contribution in [0.5, 0.6) is 0 Å². The van der Waals surface area contributed by atoms with Gasteiger partial charge in [0.05, 0.1) is 11.9 Å². The molecule has 0 atom stereocenters. The largest absolute Gasteiger partial charge is 0.371 e. The van der Waals surface area contributed by atoms with Crippen LogP contribution in [0, 0.1) is 5.82 Å². The van der Waals surface area contributed by atoms with Crippen molar-refractivity contribution >= 4 is 34.4 Å². The summed E-state index contributed by atoms with van der Waals surface area (Å²) in [5, 5.41) is 5.00. The van der Waals surface area contributed by atoms with E-state index < -0.39 is 0 Å². The first-order chi connectivity index (χ1) is 16.4. The third-order valence-electron chi connectivity index (χ3n) is 6.79. The summed E-state index contributed by atoms with van der Waals surface area (Å²) in [6, 6.07) is 15.2. The molecule has 1 saturated heterocycles. The molecule has 1 fully saturated rings. The Bertz CT molecular complexity index is 1310. The highest BCUT2D eigenvalue weighted by atomic mass is 35.5. The molecule has 1 aliphatic rings. The number of piperidine rings is 1. The van der Waals surface area contributed by atoms with Gasteiger partial charge in [0.15, 0.2) is 5.65 Å². The molecule has 5 rings (SSSR count). The van der Waals surface area contributed by atoms with Gasteiger partial charge in [-0.1, -0.05) is 23.7 Å². The molecule has 2 aromatic carbocycles. The van der Waals surface area contributed by atoms with E-state index in [1.807, 2.05) is 54.4 Å². The van der Waals surface area contributed by atoms with Crippen LogP contribution in [0.1, 0.15) is 12.8 Å². The van der Waals surface area contributed by atoms with Crippen molar-refractivity contribution in [2.75, 3.05) is 44.0 Å². The average molecular weight is 479 g/mol. The van der Waals surface area contributed by atoms with E-state index >= 15 is 4.39 Å². The van der Waals surface area contributed by atoms with Crippen LogP contribution in [-0.4, -0.2) is 59.8 Å². The van der Waals surface area contributed by atoms with Crippen LogP contribution in [0.25, 0.3) is 16.8 Å². The highest BCUT2D eigenvalue weighted by Gasteiger charge is 2.25. The van der Waals surface area contributed by atoms with Crippen molar-refractivity contribution in [3.63, 3.8) is 0 Å². The standard InChI is InChI=1S/C26H28ClFN6/c1-31-13-9-20(10-14-31)32(2)23-17-24(22(28)16-21(23)18-5-4-6-19(27)15-18)33(3)26-8-11-29-25-7-12-30-34(25)26/h4-8,11-12,15-17,20H,9-10,13-14H2,1-3H3. The Balaban J connectivity index is 1.62. The van der Waals surface area contributed by atoms with Crippen LogP contribution in [0.3, 0.4) is 0 Å². The molecule has 0 N–H and O–H groups in total. The molecule has 3 heterocycles. The lowest BCUT2D eigenvalue weighted by Crippen LogP contribution is -2.42. The zero-order chi connectivity index (χ0) is 23.8. The monoisotopic (exact) mass is 478 g/mol. The van der Waals surface area contributed by atoms with Crippen molar-refractivity contribution in [2.24, 2.45) is 0 Å². The van der Waals surface area contributed by atoms with E-state index in [1.54, 1.807) is 23.0 Å². The molecule has 0 spiro atoms. The molecule has 34 heavy (non-hydrogen) atoms. The van der Waals surface area contributed by atoms with Crippen LogP contribution in [0.2, 0.25) is 5.02 Å². The Labute approximate surface area is 204 Å². The summed E-state index contributed by atoms with van der Waals surface area (Å²) in [6.07, 6.45) is 5.52. The number of benzene rings is 2. The summed E-state index contributed by atoms with van der Waals surface area (Å²) in [5.74, 6) is 0.424. The maximum absolute atomic E-state index is 15.7. The first kappa shape index (κ1) is 22.6. The Morgan fingerprint density at radius 3 is 2.56 bits per heavy atom. The van der Waals surface area contributed by atoms with Crippen molar-refractivity contribution in [2.45, 2.75) is 18.9 Å². The lowest BCUT2D eigenvalue weighted by atomic mass is 9.98. The molecule has 176 valence electrons. The van der Waals surface area contributed by atoms with Crippen LogP contribution in [-0.2, 0) is 0 Å². The van der Waals surface area contributed by atoms with E-state index in [-0.39, 0.29) is 5.82 Å². The first-order valence-electron chi connectivity index (χ1n) is 11.5. The maximum Gasteiger partial charge on any atom is 0.157 e. The van der Waals surface area contributed by atoms with Crippen molar-refractivity contribution < 1.29 is 4.39 Å². The molecule has 0 aliphatic carbocycles. The minimum Gasteiger partial charge on any atom is -0.371 e. The second-order valence-corrected chi connectivity index (χ2v) is 9.38. The summed E-state index contributed by atoms with van der Waals surface area (Å²) in [4.78, 5) is 10.8. The molecule has 4 aromatic rings. The van der Waals surface area contributed by atoms with E-state index in [0.29, 0.717) is 22.4 Å². The zero-order valence-electron chi connectivity index (χ0n) is 19.6. The Kier molecular flexibility index (Phi) is 6.15. The number of aromatic nitrogens is 3. The highest BCUT2D eigenvalue weighted by molar-refractivity contribution is 6.30. The number of hydrogen-bond donors (Lipinski definition) is 0. The van der Waals surface area contributed by atoms with Gasteiger partial charge in [-0.15, -0.1) is 0 Å². The van der Waals surface area contributed by atoms with Gasteiger partial charge >= 0.3 is 0 Å². The van der Waals surface area contributed by atoms with Crippen molar-refractivity contribution in [3.8, 4) is 11.1 Å². The average Bonchev–Trinajstić information content (AvgIpc) is 3.33. The lowest BCUT2D eigenvalue weighted by molar-refractivity contribution is 0.253. The van der Waals surface area contributed by atoms with Gasteiger partial charge in [-0.05, 0) is 68.9 Å². The van der Waals surface area contributed by atoms with E-state index in [9.17, 15) is 0 Å². The summed E-state index contributed by atoms with van der Waals surface area (Å²) in [6.45, 7) is 2.09. The Hall–Kier alpha value is -3.16. The Morgan fingerprint density at radius 2 is 1.79 bits per heavy atom. The van der Waals surface area contributed by atoms with Crippen molar-refractivity contribution in [3.05, 3.63) is 71.8 Å². The molecule has 0 bridgehead atoms. The van der Waals surface area contributed by atoms with Crippen LogP contribution < -0.4 is 9.80 Å². The highest BCUT2D eigenvalue weighted by Crippen LogP contribution is 2.39. The van der Waals surface area contributed by atoms with Crippen molar-refractivity contribution in [1.29, 1.82) is 0 Å². The fourth-order valence-electron chi connectivity index (χ4n) is 4.76. The number of hydrogen-bond acceptors (Lipinski definition) is 5. The molecule has 6 nitrogen and oxygen atoms in total. The normalized spacial score (nSPS) is 15.1. The third kappa shape index (κ3) is 4.21. The second kappa shape index (κ2) is 9.24. The van der Waals surface area contributed by atoms with Gasteiger partial charge in [-0.25, -0.2) is 9.37 Å². The number of rotatable bonds is 5. The minimum absolute atomic E-state index is 0.310. The summed E-state index contributed by atoms with van der Waals surface area (Å²) >= 11 is 6.30. The molecule has 0 saturated carbocycles. The van der Waals surface area contributed by atoms with Gasteiger partial charge in [-0.3, -0.25) is 0 Å². The van der Waals surface area contributed by atoms with Gasteiger partial charge in [0.1, 0.15) is 11.6 Å². The summed E-state index contributed by atoms with van der Waals surface area (Å²) in [5.41, 5.74) is 3.89. The topological polar surface area (TPSA) is 39.9 Å². The lowest BCUT2D eigenvalue weighted by Gasteiger charge is -2.38. The number of likely N-dealkylation sites (tertiary alicyclic amines) is 1. The number of nitrogens with zero attached hydrogens (tertiary/aromatic N) is 6. The van der Waals surface area contributed by atoms with Gasteiger partial charge in [0.25, 0.3) is 0 Å². The predicted octanol–water partition coefficient (Wildman–Crippen LogP) is 5.49. The summed E-state index contributed by atoms with van der Waals surface area (Å²) in [7, 11) is 6.12. The molecule has 0 amide bonds. The molecule has 8 heteroatoms. The van der Waals surface area contributed by atoms with Crippen molar-refractivity contribution in [1.82, 2.24) is 19.5 Å². The minimum atomic E-state index is -0.310. The predicted molar refractivity (Wildman–Crippen MR) is 137 cm³/mol. The first-order valence-corrected chi connectivity index (χ1v) is 11.8. The van der Waals surface area contributed by atoms with E-state index in [2.05, 4.69) is 34.0 Å². The number of anilines is 3. The quantitative estimate of drug-likeness (QED) is 0.379. The zero-order valence-corrected chi connectivity index (χ0v) is 20.4. The third-order valence-corrected chi connectivity index (χ3v) is 7.03. The van der Waals surface area contributed by atoms with Gasteiger partial charge < -0.3 is 14.7 Å². The number of fused-ring (bicyclic) bond motifs is 1. The molecular weight excluding hydrogens is 451 g/mol. The second-order valence-electron chi connectivity index (χ2n) is 8.94. The van der Waals surface area contributed by atoms with E-state index in [1.165, 1.54) is 0 Å². The molecule has 0 unspecified atom stereocenters. The molecule has 1 aliphatic heterocycles. The van der Waals surface area contributed by atoms with Gasteiger partial charge in [-0.2, -0.15) is 9.61 Å². The van der Waals surface area contributed by atoms with Crippen LogP contribution in [0.4, 0.5) is 21.6 Å². The molecule has 2 aromatic heterocycles. The molecular formula is C26H28ClFN6. The summed E-state index contributed by atoms with van der Waals surface area (Å²) < 4.78 is 17.4. The maximum atomic E-state index is 15.7. The fraction of sp³-hybridized carbons (Fsp3) is 0.308. The fourth-order valence-corrected chi connectivity index (χ4v) is 4.95. The molecule has 0 radical (unpaired) electrons.